The lowest BCUT2D eigenvalue weighted by molar-refractivity contribution is -0.137. The van der Waals surface area contributed by atoms with Crippen LogP contribution in [-0.2, 0) is 15.8 Å². The van der Waals surface area contributed by atoms with Crippen LogP contribution in [0.4, 0.5) is 24.5 Å². The molecule has 0 fully saturated rings. The number of ketones is 1. The molecule has 1 aliphatic rings. The standard InChI is InChI=1S/C23H23F3N2O3/c1-13(2)20(29)18-19(14-5-9-16(10-6-14)27(3)4)28(22(31)21(18)30)17-11-7-15(8-12-17)23(24,25)26/h5-13,19,30H,1-4H3. The smallest absolute Gasteiger partial charge is 0.416 e. The van der Waals surface area contributed by atoms with Crippen LogP contribution >= 0.6 is 0 Å². The molecular weight excluding hydrogens is 409 g/mol. The average Bonchev–Trinajstić information content (AvgIpc) is 2.97. The molecule has 8 heteroatoms. The van der Waals surface area contributed by atoms with Gasteiger partial charge in [0.2, 0.25) is 0 Å². The third-order valence-electron chi connectivity index (χ3n) is 5.20. The zero-order valence-corrected chi connectivity index (χ0v) is 17.6. The van der Waals surface area contributed by atoms with Crippen LogP contribution in [0, 0.1) is 5.92 Å². The molecule has 0 saturated heterocycles. The monoisotopic (exact) mass is 432 g/mol. The van der Waals surface area contributed by atoms with Crippen LogP contribution < -0.4 is 9.80 Å². The van der Waals surface area contributed by atoms with Gasteiger partial charge in [0.1, 0.15) is 0 Å². The Morgan fingerprint density at radius 2 is 1.58 bits per heavy atom. The molecule has 2 aromatic rings. The molecule has 0 aromatic heterocycles. The van der Waals surface area contributed by atoms with E-state index < -0.39 is 41.1 Å². The maximum absolute atomic E-state index is 13.0. The fourth-order valence-electron chi connectivity index (χ4n) is 3.52. The zero-order chi connectivity index (χ0) is 23.1. The fraction of sp³-hybridized carbons (Fsp3) is 0.304. The van der Waals surface area contributed by atoms with Crippen molar-refractivity contribution in [2.24, 2.45) is 5.92 Å². The number of carbonyl (C=O) groups excluding carboxylic acids is 2. The maximum Gasteiger partial charge on any atom is 0.416 e. The van der Waals surface area contributed by atoms with E-state index in [4.69, 9.17) is 0 Å². The van der Waals surface area contributed by atoms with E-state index in [0.717, 1.165) is 34.9 Å². The molecule has 1 heterocycles. The summed E-state index contributed by atoms with van der Waals surface area (Å²) < 4.78 is 38.9. The molecule has 5 nitrogen and oxygen atoms in total. The van der Waals surface area contributed by atoms with Gasteiger partial charge >= 0.3 is 6.18 Å². The second-order valence-corrected chi connectivity index (χ2v) is 7.89. The van der Waals surface area contributed by atoms with Crippen molar-refractivity contribution in [1.29, 1.82) is 0 Å². The summed E-state index contributed by atoms with van der Waals surface area (Å²) in [5.41, 5.74) is 0.687. The van der Waals surface area contributed by atoms with E-state index in [0.29, 0.717) is 5.56 Å². The molecule has 2 aromatic carbocycles. The summed E-state index contributed by atoms with van der Waals surface area (Å²) in [6.07, 6.45) is -4.52. The molecule has 3 rings (SSSR count). The Bertz CT molecular complexity index is 1020. The SMILES string of the molecule is CC(C)C(=O)C1=C(O)C(=O)N(c2ccc(C(F)(F)F)cc2)C1c1ccc(N(C)C)cc1. The van der Waals surface area contributed by atoms with Crippen molar-refractivity contribution in [2.75, 3.05) is 23.9 Å². The van der Waals surface area contributed by atoms with Gasteiger partial charge in [-0.05, 0) is 42.0 Å². The van der Waals surface area contributed by atoms with E-state index in [1.165, 1.54) is 0 Å². The van der Waals surface area contributed by atoms with Crippen LogP contribution in [0.15, 0.2) is 59.9 Å². The lowest BCUT2D eigenvalue weighted by Gasteiger charge is -2.28. The number of nitrogens with zero attached hydrogens (tertiary/aromatic N) is 2. The lowest BCUT2D eigenvalue weighted by Crippen LogP contribution is -2.31. The van der Waals surface area contributed by atoms with Crippen molar-refractivity contribution in [1.82, 2.24) is 0 Å². The summed E-state index contributed by atoms with van der Waals surface area (Å²) in [4.78, 5) is 28.8. The Labute approximate surface area is 178 Å². The van der Waals surface area contributed by atoms with E-state index in [9.17, 15) is 27.9 Å². The Balaban J connectivity index is 2.13. The lowest BCUT2D eigenvalue weighted by atomic mass is 9.91. The second kappa shape index (κ2) is 8.09. The van der Waals surface area contributed by atoms with Gasteiger partial charge in [-0.15, -0.1) is 0 Å². The molecule has 1 unspecified atom stereocenters. The number of benzene rings is 2. The molecule has 1 atom stereocenters. The van der Waals surface area contributed by atoms with Crippen LogP contribution in [0.25, 0.3) is 0 Å². The second-order valence-electron chi connectivity index (χ2n) is 7.89. The molecular formula is C23H23F3N2O3. The van der Waals surface area contributed by atoms with E-state index >= 15 is 0 Å². The van der Waals surface area contributed by atoms with Gasteiger partial charge in [0.15, 0.2) is 11.5 Å². The molecule has 0 saturated carbocycles. The molecule has 1 N–H and O–H groups in total. The van der Waals surface area contributed by atoms with Crippen molar-refractivity contribution in [2.45, 2.75) is 26.1 Å². The predicted molar refractivity (Wildman–Crippen MR) is 112 cm³/mol. The van der Waals surface area contributed by atoms with E-state index in [1.807, 2.05) is 19.0 Å². The number of hydrogen-bond acceptors (Lipinski definition) is 4. The highest BCUT2D eigenvalue weighted by Crippen LogP contribution is 2.42. The summed E-state index contributed by atoms with van der Waals surface area (Å²) in [5.74, 6) is -2.39. The van der Waals surface area contributed by atoms with Crippen LogP contribution in [0.2, 0.25) is 0 Å². The summed E-state index contributed by atoms with van der Waals surface area (Å²) in [6, 6.07) is 10.2. The van der Waals surface area contributed by atoms with Gasteiger partial charge in [-0.3, -0.25) is 14.5 Å². The van der Waals surface area contributed by atoms with E-state index in [2.05, 4.69) is 0 Å². The van der Waals surface area contributed by atoms with Gasteiger partial charge in [0.25, 0.3) is 5.91 Å². The summed E-state index contributed by atoms with van der Waals surface area (Å²) >= 11 is 0. The van der Waals surface area contributed by atoms with Gasteiger partial charge in [0, 0.05) is 31.4 Å². The van der Waals surface area contributed by atoms with Gasteiger partial charge < -0.3 is 10.0 Å². The third-order valence-corrected chi connectivity index (χ3v) is 5.20. The van der Waals surface area contributed by atoms with E-state index in [1.54, 1.807) is 38.1 Å². The molecule has 0 bridgehead atoms. The number of rotatable bonds is 5. The first-order chi connectivity index (χ1) is 14.4. The van der Waals surface area contributed by atoms with Crippen molar-refractivity contribution in [3.63, 3.8) is 0 Å². The maximum atomic E-state index is 13.0. The van der Waals surface area contributed by atoms with Crippen molar-refractivity contribution < 1.29 is 27.9 Å². The minimum Gasteiger partial charge on any atom is -0.503 e. The number of anilines is 2. The zero-order valence-electron chi connectivity index (χ0n) is 17.6. The van der Waals surface area contributed by atoms with Gasteiger partial charge in [-0.1, -0.05) is 26.0 Å². The van der Waals surface area contributed by atoms with Crippen molar-refractivity contribution in [3.05, 3.63) is 71.0 Å². The topological polar surface area (TPSA) is 60.9 Å². The van der Waals surface area contributed by atoms with Crippen LogP contribution in [-0.4, -0.2) is 30.9 Å². The van der Waals surface area contributed by atoms with Gasteiger partial charge in [-0.2, -0.15) is 13.2 Å². The quantitative estimate of drug-likeness (QED) is 0.730. The number of alkyl halides is 3. The number of aliphatic hydroxyl groups excluding tert-OH is 1. The van der Waals surface area contributed by atoms with E-state index in [-0.39, 0.29) is 11.3 Å². The summed E-state index contributed by atoms with van der Waals surface area (Å²) in [5, 5.41) is 10.5. The van der Waals surface area contributed by atoms with Crippen molar-refractivity contribution in [3.8, 4) is 0 Å². The Kier molecular flexibility index (Phi) is 5.85. The predicted octanol–water partition coefficient (Wildman–Crippen LogP) is 4.90. The molecule has 0 spiro atoms. The largest absolute Gasteiger partial charge is 0.503 e. The highest BCUT2D eigenvalue weighted by Gasteiger charge is 2.45. The van der Waals surface area contributed by atoms with Crippen LogP contribution in [0.5, 0.6) is 0 Å². The highest BCUT2D eigenvalue weighted by molar-refractivity contribution is 6.16. The minimum atomic E-state index is -4.52. The molecule has 0 aliphatic carbocycles. The minimum absolute atomic E-state index is 0.0579. The third kappa shape index (κ3) is 4.15. The number of Topliss-reactive ketones (excluding diaryl/α,β-unsaturated/α-hetero) is 1. The number of aliphatic hydroxyl groups is 1. The first-order valence-electron chi connectivity index (χ1n) is 9.69. The van der Waals surface area contributed by atoms with Crippen LogP contribution in [0.1, 0.15) is 31.0 Å². The van der Waals surface area contributed by atoms with Gasteiger partial charge in [-0.25, -0.2) is 0 Å². The number of halogens is 3. The molecule has 0 radical (unpaired) electrons. The normalized spacial score (nSPS) is 17.0. The Hall–Kier alpha value is -3.29. The Morgan fingerprint density at radius 3 is 2.03 bits per heavy atom. The average molecular weight is 432 g/mol. The van der Waals surface area contributed by atoms with Crippen LogP contribution in [0.3, 0.4) is 0 Å². The molecule has 1 aliphatic heterocycles. The molecule has 164 valence electrons. The summed E-state index contributed by atoms with van der Waals surface area (Å²) in [6.45, 7) is 3.31. The number of carbonyl (C=O) groups is 2. The number of amides is 1. The summed E-state index contributed by atoms with van der Waals surface area (Å²) in [7, 11) is 3.73. The highest BCUT2D eigenvalue weighted by atomic mass is 19.4. The number of hydrogen-bond donors (Lipinski definition) is 1. The van der Waals surface area contributed by atoms with Gasteiger partial charge in [0.05, 0.1) is 17.2 Å². The molecule has 31 heavy (non-hydrogen) atoms. The first kappa shape index (κ1) is 22.4. The molecule has 1 amide bonds. The fourth-order valence-corrected chi connectivity index (χ4v) is 3.52. The van der Waals surface area contributed by atoms with Crippen molar-refractivity contribution >= 4 is 23.1 Å². The Morgan fingerprint density at radius 1 is 1.03 bits per heavy atom. The first-order valence-corrected chi connectivity index (χ1v) is 9.69.